The lowest BCUT2D eigenvalue weighted by atomic mass is 10.00. The van der Waals surface area contributed by atoms with Crippen LogP contribution in [0.4, 0.5) is 0 Å². The van der Waals surface area contributed by atoms with E-state index in [9.17, 15) is 0 Å². The second kappa shape index (κ2) is 8.25. The standard InChI is InChI=1S/C12H27NO/c1-6-9-13-12(11(4)14-5)8-7-10(2)3/h10-13H,6-9H2,1-5H3. The molecule has 2 atom stereocenters. The molecule has 0 aromatic carbocycles. The molecule has 2 heteroatoms. The largest absolute Gasteiger partial charge is 0.380 e. The third kappa shape index (κ3) is 6.39. The fraction of sp³-hybridized carbons (Fsp3) is 1.00. The zero-order valence-electron chi connectivity index (χ0n) is 10.5. The van der Waals surface area contributed by atoms with E-state index in [0.717, 1.165) is 12.5 Å². The SMILES string of the molecule is CCCNC(CCC(C)C)C(C)OC. The smallest absolute Gasteiger partial charge is 0.0696 e. The first-order valence-electron chi connectivity index (χ1n) is 5.88. The molecule has 0 aromatic rings. The summed E-state index contributed by atoms with van der Waals surface area (Å²) < 4.78 is 5.38. The van der Waals surface area contributed by atoms with Crippen molar-refractivity contribution in [2.75, 3.05) is 13.7 Å². The minimum absolute atomic E-state index is 0.320. The maximum absolute atomic E-state index is 5.38. The lowest BCUT2D eigenvalue weighted by molar-refractivity contribution is 0.0781. The van der Waals surface area contributed by atoms with E-state index in [2.05, 4.69) is 33.0 Å². The molecular formula is C12H27NO. The lowest BCUT2D eigenvalue weighted by Crippen LogP contribution is -2.39. The van der Waals surface area contributed by atoms with Gasteiger partial charge in [0.1, 0.15) is 0 Å². The van der Waals surface area contributed by atoms with Gasteiger partial charge in [0.25, 0.3) is 0 Å². The van der Waals surface area contributed by atoms with Crippen LogP contribution in [0.3, 0.4) is 0 Å². The first kappa shape index (κ1) is 13.9. The first-order chi connectivity index (χ1) is 6.61. The van der Waals surface area contributed by atoms with Crippen LogP contribution < -0.4 is 5.32 Å². The summed E-state index contributed by atoms with van der Waals surface area (Å²) in [7, 11) is 1.79. The van der Waals surface area contributed by atoms with Gasteiger partial charge in [0.15, 0.2) is 0 Å². The van der Waals surface area contributed by atoms with Crippen LogP contribution in [0.2, 0.25) is 0 Å². The third-order valence-electron chi connectivity index (χ3n) is 2.65. The van der Waals surface area contributed by atoms with Gasteiger partial charge in [-0.25, -0.2) is 0 Å². The van der Waals surface area contributed by atoms with E-state index in [-0.39, 0.29) is 0 Å². The van der Waals surface area contributed by atoms with Crippen molar-refractivity contribution in [3.8, 4) is 0 Å². The molecule has 2 unspecified atom stereocenters. The van der Waals surface area contributed by atoms with Crippen molar-refractivity contribution in [3.05, 3.63) is 0 Å². The molecule has 0 fully saturated rings. The number of hydrogen-bond donors (Lipinski definition) is 1. The van der Waals surface area contributed by atoms with Gasteiger partial charge in [-0.2, -0.15) is 0 Å². The normalized spacial score (nSPS) is 15.9. The molecule has 0 rings (SSSR count). The van der Waals surface area contributed by atoms with Crippen LogP contribution in [0, 0.1) is 5.92 Å². The fourth-order valence-corrected chi connectivity index (χ4v) is 1.51. The molecule has 0 saturated heterocycles. The molecule has 0 aliphatic carbocycles. The van der Waals surface area contributed by atoms with Crippen LogP contribution in [0.1, 0.15) is 47.0 Å². The van der Waals surface area contributed by atoms with E-state index in [1.54, 1.807) is 7.11 Å². The van der Waals surface area contributed by atoms with Crippen LogP contribution in [-0.4, -0.2) is 25.8 Å². The molecule has 0 spiro atoms. The average Bonchev–Trinajstić information content (AvgIpc) is 2.16. The van der Waals surface area contributed by atoms with Gasteiger partial charge in [-0.3, -0.25) is 0 Å². The first-order valence-corrected chi connectivity index (χ1v) is 5.88. The number of rotatable bonds is 8. The molecule has 0 bridgehead atoms. The van der Waals surface area contributed by atoms with Gasteiger partial charge in [0, 0.05) is 13.2 Å². The van der Waals surface area contributed by atoms with Gasteiger partial charge >= 0.3 is 0 Å². The van der Waals surface area contributed by atoms with Crippen molar-refractivity contribution in [3.63, 3.8) is 0 Å². The monoisotopic (exact) mass is 201 g/mol. The quantitative estimate of drug-likeness (QED) is 0.652. The molecule has 0 saturated carbocycles. The average molecular weight is 201 g/mol. The summed E-state index contributed by atoms with van der Waals surface area (Å²) in [6, 6.07) is 0.516. The minimum atomic E-state index is 0.320. The van der Waals surface area contributed by atoms with Crippen molar-refractivity contribution in [1.82, 2.24) is 5.32 Å². The van der Waals surface area contributed by atoms with Gasteiger partial charge in [0.2, 0.25) is 0 Å². The summed E-state index contributed by atoms with van der Waals surface area (Å²) in [6.07, 6.45) is 4.00. The van der Waals surface area contributed by atoms with E-state index in [0.29, 0.717) is 12.1 Å². The second-order valence-corrected chi connectivity index (χ2v) is 4.47. The van der Waals surface area contributed by atoms with E-state index >= 15 is 0 Å². The summed E-state index contributed by atoms with van der Waals surface area (Å²) >= 11 is 0. The highest BCUT2D eigenvalue weighted by atomic mass is 16.5. The Bertz CT molecular complexity index is 125. The highest BCUT2D eigenvalue weighted by molar-refractivity contribution is 4.73. The molecule has 0 amide bonds. The minimum Gasteiger partial charge on any atom is -0.380 e. The zero-order valence-corrected chi connectivity index (χ0v) is 10.5. The van der Waals surface area contributed by atoms with Crippen LogP contribution in [0.15, 0.2) is 0 Å². The molecule has 0 aromatic heterocycles. The van der Waals surface area contributed by atoms with Crippen molar-refractivity contribution < 1.29 is 4.74 Å². The Morgan fingerprint density at radius 3 is 2.21 bits per heavy atom. The van der Waals surface area contributed by atoms with E-state index in [4.69, 9.17) is 4.74 Å². The van der Waals surface area contributed by atoms with Gasteiger partial charge in [-0.15, -0.1) is 0 Å². The summed E-state index contributed by atoms with van der Waals surface area (Å²) in [4.78, 5) is 0. The van der Waals surface area contributed by atoms with Gasteiger partial charge < -0.3 is 10.1 Å². The topological polar surface area (TPSA) is 21.3 Å². The molecule has 0 radical (unpaired) electrons. The summed E-state index contributed by atoms with van der Waals surface area (Å²) in [5.41, 5.74) is 0. The summed E-state index contributed by atoms with van der Waals surface area (Å²) in [6.45, 7) is 9.98. The fourth-order valence-electron chi connectivity index (χ4n) is 1.51. The molecule has 1 N–H and O–H groups in total. The summed E-state index contributed by atoms with van der Waals surface area (Å²) in [5.74, 6) is 0.782. The molecule has 86 valence electrons. The maximum Gasteiger partial charge on any atom is 0.0696 e. The molecule has 0 aliphatic rings. The van der Waals surface area contributed by atoms with Crippen LogP contribution in [0.25, 0.3) is 0 Å². The third-order valence-corrected chi connectivity index (χ3v) is 2.65. The predicted molar refractivity (Wildman–Crippen MR) is 62.6 cm³/mol. The Morgan fingerprint density at radius 1 is 1.14 bits per heavy atom. The number of nitrogens with one attached hydrogen (secondary N) is 1. The van der Waals surface area contributed by atoms with Gasteiger partial charge in [0.05, 0.1) is 6.10 Å². The second-order valence-electron chi connectivity index (χ2n) is 4.47. The van der Waals surface area contributed by atoms with Crippen molar-refractivity contribution >= 4 is 0 Å². The van der Waals surface area contributed by atoms with Crippen LogP contribution in [0.5, 0.6) is 0 Å². The molecule has 0 aliphatic heterocycles. The van der Waals surface area contributed by atoms with Crippen LogP contribution >= 0.6 is 0 Å². The molecule has 0 heterocycles. The van der Waals surface area contributed by atoms with Gasteiger partial charge in [-0.05, 0) is 38.6 Å². The Labute approximate surface area is 89.4 Å². The lowest BCUT2D eigenvalue weighted by Gasteiger charge is -2.24. The molecule has 14 heavy (non-hydrogen) atoms. The highest BCUT2D eigenvalue weighted by Gasteiger charge is 2.15. The van der Waals surface area contributed by atoms with Crippen molar-refractivity contribution in [2.24, 2.45) is 5.92 Å². The van der Waals surface area contributed by atoms with E-state index in [1.165, 1.54) is 19.3 Å². The van der Waals surface area contributed by atoms with Crippen molar-refractivity contribution in [1.29, 1.82) is 0 Å². The Balaban J connectivity index is 3.84. The predicted octanol–water partition coefficient (Wildman–Crippen LogP) is 2.83. The molecular weight excluding hydrogens is 174 g/mol. The number of hydrogen-bond acceptors (Lipinski definition) is 2. The highest BCUT2D eigenvalue weighted by Crippen LogP contribution is 2.11. The Kier molecular flexibility index (Phi) is 8.20. The maximum atomic E-state index is 5.38. The zero-order chi connectivity index (χ0) is 11.0. The van der Waals surface area contributed by atoms with E-state index in [1.807, 2.05) is 0 Å². The number of ether oxygens (including phenoxy) is 1. The Hall–Kier alpha value is -0.0800. The molecule has 2 nitrogen and oxygen atoms in total. The van der Waals surface area contributed by atoms with Gasteiger partial charge in [-0.1, -0.05) is 20.8 Å². The summed E-state index contributed by atoms with van der Waals surface area (Å²) in [5, 5.41) is 3.55. The number of methoxy groups -OCH3 is 1. The van der Waals surface area contributed by atoms with Crippen molar-refractivity contribution in [2.45, 2.75) is 59.1 Å². The van der Waals surface area contributed by atoms with E-state index < -0.39 is 0 Å². The Morgan fingerprint density at radius 2 is 1.79 bits per heavy atom. The van der Waals surface area contributed by atoms with Crippen LogP contribution in [-0.2, 0) is 4.74 Å².